The number of nitrogens with zero attached hydrogens (tertiary/aromatic N) is 1. The van der Waals surface area contributed by atoms with Gasteiger partial charge in [0.15, 0.2) is 0 Å². The number of hydrogen-bond donors (Lipinski definition) is 3. The van der Waals surface area contributed by atoms with Crippen LogP contribution >= 0.6 is 11.6 Å². The molecule has 2 fully saturated rings. The molecule has 0 bridgehead atoms. The second-order valence-electron chi connectivity index (χ2n) is 10.1. The molecule has 0 saturated heterocycles. The predicted molar refractivity (Wildman–Crippen MR) is 135 cm³/mol. The van der Waals surface area contributed by atoms with Gasteiger partial charge >= 0.3 is 0 Å². The molecule has 0 aliphatic heterocycles. The van der Waals surface area contributed by atoms with Crippen LogP contribution in [0.5, 0.6) is 0 Å². The normalized spacial score (nSPS) is 22.6. The molecule has 2 saturated carbocycles. The maximum absolute atomic E-state index is 14.8. The highest BCUT2D eigenvalue weighted by Crippen LogP contribution is 2.45. The van der Waals surface area contributed by atoms with Gasteiger partial charge in [0.25, 0.3) is 0 Å². The smallest absolute Gasteiger partial charge is 0.131 e. The van der Waals surface area contributed by atoms with Crippen LogP contribution in [0.1, 0.15) is 52.4 Å². The van der Waals surface area contributed by atoms with Gasteiger partial charge in [-0.3, -0.25) is 0 Å². The molecule has 0 amide bonds. The number of nitrogens with one attached hydrogen (secondary N) is 3. The lowest BCUT2D eigenvalue weighted by Crippen LogP contribution is -2.42. The van der Waals surface area contributed by atoms with Crippen molar-refractivity contribution in [3.63, 3.8) is 0 Å². The number of methoxy groups -OCH3 is 1. The molecule has 2 aromatic rings. The zero-order valence-electron chi connectivity index (χ0n) is 19.9. The Morgan fingerprint density at radius 1 is 1.15 bits per heavy atom. The van der Waals surface area contributed by atoms with Crippen molar-refractivity contribution in [2.45, 2.75) is 70.5 Å². The summed E-state index contributed by atoms with van der Waals surface area (Å²) in [5.41, 5.74) is 2.44. The molecule has 4 rings (SSSR count). The summed E-state index contributed by atoms with van der Waals surface area (Å²) in [6.45, 7) is 6.05. The number of rotatable bonds is 10. The van der Waals surface area contributed by atoms with E-state index in [0.29, 0.717) is 39.7 Å². The Labute approximate surface area is 201 Å². The van der Waals surface area contributed by atoms with Gasteiger partial charge in [0.2, 0.25) is 0 Å². The topological polar surface area (TPSA) is 58.2 Å². The van der Waals surface area contributed by atoms with Crippen molar-refractivity contribution in [3.8, 4) is 11.1 Å². The lowest BCUT2D eigenvalue weighted by molar-refractivity contribution is 0.161. The number of halogens is 2. The van der Waals surface area contributed by atoms with Crippen molar-refractivity contribution >= 4 is 23.1 Å². The van der Waals surface area contributed by atoms with Crippen LogP contribution in [0, 0.1) is 11.2 Å². The van der Waals surface area contributed by atoms with Gasteiger partial charge in [-0.1, -0.05) is 18.5 Å². The van der Waals surface area contributed by atoms with E-state index < -0.39 is 0 Å². The highest BCUT2D eigenvalue weighted by Gasteiger charge is 2.36. The van der Waals surface area contributed by atoms with Crippen molar-refractivity contribution in [1.29, 1.82) is 0 Å². The second-order valence-corrected chi connectivity index (χ2v) is 10.5. The van der Waals surface area contributed by atoms with E-state index in [1.165, 1.54) is 18.9 Å². The number of pyridine rings is 1. The third-order valence-corrected chi connectivity index (χ3v) is 7.25. The summed E-state index contributed by atoms with van der Waals surface area (Å²) < 4.78 is 20.0. The third kappa shape index (κ3) is 6.58. The maximum Gasteiger partial charge on any atom is 0.131 e. The molecule has 0 radical (unpaired) electrons. The molecular formula is C26H36ClFN4O. The van der Waals surface area contributed by atoms with Crippen LogP contribution in [0.25, 0.3) is 11.1 Å². The molecule has 1 atom stereocenters. The Balaban J connectivity index is 1.40. The minimum absolute atomic E-state index is 0.283. The standard InChI is InChI=1S/C26H36ClFN4O/c1-17(15-33-3)31-18-4-6-19(7-5-18)32-25-13-21(23(27)14-29-25)22-12-20(8-9-24(22)28)30-16-26(2)10-11-26/h8-9,12-14,17-19,30-31H,4-7,10-11,15-16H2,1-3H3,(H,29,32)/t17-,18?,19?/m1/s1. The van der Waals surface area contributed by atoms with Gasteiger partial charge in [-0.2, -0.15) is 0 Å². The van der Waals surface area contributed by atoms with Crippen molar-refractivity contribution in [1.82, 2.24) is 10.3 Å². The summed E-state index contributed by atoms with van der Waals surface area (Å²) in [5.74, 6) is 0.454. The molecule has 5 nitrogen and oxygen atoms in total. The van der Waals surface area contributed by atoms with Gasteiger partial charge in [-0.05, 0) is 75.1 Å². The number of anilines is 2. The summed E-state index contributed by atoms with van der Waals surface area (Å²) >= 11 is 6.45. The van der Waals surface area contributed by atoms with E-state index in [9.17, 15) is 4.39 Å². The van der Waals surface area contributed by atoms with Gasteiger partial charge in [0.1, 0.15) is 11.6 Å². The van der Waals surface area contributed by atoms with Crippen LogP contribution in [0.2, 0.25) is 5.02 Å². The molecule has 33 heavy (non-hydrogen) atoms. The Bertz CT molecular complexity index is 944. The average Bonchev–Trinajstić information content (AvgIpc) is 3.53. The summed E-state index contributed by atoms with van der Waals surface area (Å²) in [5, 5.41) is 11.1. The quantitative estimate of drug-likeness (QED) is 0.388. The Morgan fingerprint density at radius 3 is 2.58 bits per heavy atom. The molecule has 1 aromatic carbocycles. The van der Waals surface area contributed by atoms with Crippen LogP contribution in [0.4, 0.5) is 15.9 Å². The molecule has 3 N–H and O–H groups in total. The van der Waals surface area contributed by atoms with Gasteiger partial charge in [-0.25, -0.2) is 9.37 Å². The van der Waals surface area contributed by atoms with Gasteiger partial charge in [-0.15, -0.1) is 0 Å². The molecule has 180 valence electrons. The molecule has 2 aliphatic carbocycles. The van der Waals surface area contributed by atoms with E-state index in [1.54, 1.807) is 19.4 Å². The van der Waals surface area contributed by atoms with E-state index in [2.05, 4.69) is 34.8 Å². The Morgan fingerprint density at radius 2 is 1.88 bits per heavy atom. The molecule has 1 aromatic heterocycles. The minimum Gasteiger partial charge on any atom is -0.384 e. The van der Waals surface area contributed by atoms with E-state index in [-0.39, 0.29) is 5.82 Å². The summed E-state index contributed by atoms with van der Waals surface area (Å²) in [6, 6.07) is 8.25. The maximum atomic E-state index is 14.8. The third-order valence-electron chi connectivity index (χ3n) is 6.95. The average molecular weight is 475 g/mol. The number of ether oxygens (including phenoxy) is 1. The molecular weight excluding hydrogens is 439 g/mol. The van der Waals surface area contributed by atoms with Gasteiger partial charge in [0, 0.05) is 54.8 Å². The predicted octanol–water partition coefficient (Wildman–Crippen LogP) is 6.10. The van der Waals surface area contributed by atoms with Gasteiger partial charge < -0.3 is 20.7 Å². The first-order valence-electron chi connectivity index (χ1n) is 12.1. The highest BCUT2D eigenvalue weighted by molar-refractivity contribution is 6.33. The van der Waals surface area contributed by atoms with Crippen LogP contribution in [-0.2, 0) is 4.74 Å². The van der Waals surface area contributed by atoms with Crippen molar-refractivity contribution in [3.05, 3.63) is 41.3 Å². The molecule has 0 unspecified atom stereocenters. The lowest BCUT2D eigenvalue weighted by atomic mass is 9.90. The summed E-state index contributed by atoms with van der Waals surface area (Å²) in [7, 11) is 1.74. The molecule has 2 aliphatic rings. The molecule has 7 heteroatoms. The van der Waals surface area contributed by atoms with Crippen LogP contribution in [0.3, 0.4) is 0 Å². The Kier molecular flexibility index (Phi) is 7.77. The van der Waals surface area contributed by atoms with Crippen LogP contribution < -0.4 is 16.0 Å². The zero-order chi connectivity index (χ0) is 23.4. The SMILES string of the molecule is COC[C@@H](C)NC1CCC(Nc2cc(-c3cc(NCC4(C)CC4)ccc3F)c(Cl)cn2)CC1. The van der Waals surface area contributed by atoms with Crippen LogP contribution in [0.15, 0.2) is 30.5 Å². The fraction of sp³-hybridized carbons (Fsp3) is 0.577. The zero-order valence-corrected chi connectivity index (χ0v) is 20.6. The highest BCUT2D eigenvalue weighted by atomic mass is 35.5. The van der Waals surface area contributed by atoms with Crippen molar-refractivity contribution < 1.29 is 9.13 Å². The van der Waals surface area contributed by atoms with E-state index >= 15 is 0 Å². The molecule has 0 spiro atoms. The number of hydrogen-bond acceptors (Lipinski definition) is 5. The van der Waals surface area contributed by atoms with Crippen LogP contribution in [-0.4, -0.2) is 43.4 Å². The van der Waals surface area contributed by atoms with E-state index in [0.717, 1.165) is 50.3 Å². The van der Waals surface area contributed by atoms with Gasteiger partial charge in [0.05, 0.1) is 11.6 Å². The first-order valence-corrected chi connectivity index (χ1v) is 12.4. The van der Waals surface area contributed by atoms with Crippen molar-refractivity contribution in [2.75, 3.05) is 30.9 Å². The first-order chi connectivity index (χ1) is 15.8. The van der Waals surface area contributed by atoms with E-state index in [1.807, 2.05) is 12.1 Å². The van der Waals surface area contributed by atoms with Crippen molar-refractivity contribution in [2.24, 2.45) is 5.41 Å². The summed E-state index contributed by atoms with van der Waals surface area (Å²) in [4.78, 5) is 4.47. The second kappa shape index (κ2) is 10.6. The first kappa shape index (κ1) is 24.2. The number of aromatic nitrogens is 1. The minimum atomic E-state index is -0.283. The monoisotopic (exact) mass is 474 g/mol. The lowest BCUT2D eigenvalue weighted by Gasteiger charge is -2.32. The summed E-state index contributed by atoms with van der Waals surface area (Å²) in [6.07, 6.45) is 8.42. The fourth-order valence-corrected chi connectivity index (χ4v) is 4.79. The largest absolute Gasteiger partial charge is 0.384 e. The number of benzene rings is 1. The fourth-order valence-electron chi connectivity index (χ4n) is 4.59. The molecule has 1 heterocycles. The Hall–Kier alpha value is -1.89. The van der Waals surface area contributed by atoms with E-state index in [4.69, 9.17) is 16.3 Å².